The molecule has 2 fully saturated rings. The fourth-order valence-corrected chi connectivity index (χ4v) is 3.06. The van der Waals surface area contributed by atoms with E-state index in [-0.39, 0.29) is 11.4 Å². The molecular formula is C14H26N2O2. The number of methoxy groups -OCH3 is 1. The number of carbonyl (C=O) groups is 1. The third kappa shape index (κ3) is 3.23. The van der Waals surface area contributed by atoms with Crippen molar-refractivity contribution in [3.8, 4) is 0 Å². The van der Waals surface area contributed by atoms with Crippen LogP contribution in [0.4, 0.5) is 0 Å². The summed E-state index contributed by atoms with van der Waals surface area (Å²) in [5.74, 6) is 0.775. The van der Waals surface area contributed by atoms with Crippen LogP contribution in [0.3, 0.4) is 0 Å². The van der Waals surface area contributed by atoms with Crippen molar-refractivity contribution in [1.29, 1.82) is 0 Å². The van der Waals surface area contributed by atoms with Crippen molar-refractivity contribution < 1.29 is 9.53 Å². The Morgan fingerprint density at radius 2 is 2.00 bits per heavy atom. The van der Waals surface area contributed by atoms with E-state index in [2.05, 4.69) is 23.9 Å². The summed E-state index contributed by atoms with van der Waals surface area (Å²) < 4.78 is 4.91. The molecule has 0 bridgehead atoms. The fourth-order valence-electron chi connectivity index (χ4n) is 3.06. The predicted octanol–water partition coefficient (Wildman–Crippen LogP) is 1.21. The minimum Gasteiger partial charge on any atom is -0.469 e. The van der Waals surface area contributed by atoms with E-state index in [1.54, 1.807) is 0 Å². The van der Waals surface area contributed by atoms with Gasteiger partial charge in [0.05, 0.1) is 12.5 Å². The highest BCUT2D eigenvalue weighted by atomic mass is 16.5. The summed E-state index contributed by atoms with van der Waals surface area (Å²) in [6.45, 7) is 4.40. The van der Waals surface area contributed by atoms with Gasteiger partial charge < -0.3 is 14.5 Å². The number of carbonyl (C=O) groups excluding carboxylic acids is 1. The van der Waals surface area contributed by atoms with Gasteiger partial charge in [-0.3, -0.25) is 4.79 Å². The molecule has 1 saturated carbocycles. The van der Waals surface area contributed by atoms with Crippen molar-refractivity contribution in [1.82, 2.24) is 9.80 Å². The second kappa shape index (κ2) is 5.57. The Bertz CT molecular complexity index is 294. The highest BCUT2D eigenvalue weighted by Gasteiger charge is 2.51. The summed E-state index contributed by atoms with van der Waals surface area (Å²) >= 11 is 0. The zero-order valence-corrected chi connectivity index (χ0v) is 11.9. The van der Waals surface area contributed by atoms with Gasteiger partial charge in [0.15, 0.2) is 0 Å². The van der Waals surface area contributed by atoms with Crippen LogP contribution in [0.15, 0.2) is 0 Å². The van der Waals surface area contributed by atoms with E-state index in [9.17, 15) is 4.79 Å². The van der Waals surface area contributed by atoms with Crippen LogP contribution in [0, 0.1) is 11.3 Å². The molecule has 2 rings (SSSR count). The molecule has 2 aliphatic rings. The average molecular weight is 254 g/mol. The number of ether oxygens (including phenoxy) is 1. The van der Waals surface area contributed by atoms with E-state index in [1.807, 2.05) is 0 Å². The van der Waals surface area contributed by atoms with E-state index < -0.39 is 0 Å². The minimum atomic E-state index is -0.172. The van der Waals surface area contributed by atoms with Gasteiger partial charge in [-0.05, 0) is 58.8 Å². The number of rotatable bonds is 5. The number of piperidine rings is 1. The van der Waals surface area contributed by atoms with E-state index in [1.165, 1.54) is 33.0 Å². The Balaban J connectivity index is 1.75. The summed E-state index contributed by atoms with van der Waals surface area (Å²) in [5.41, 5.74) is -0.172. The molecule has 1 aliphatic heterocycles. The monoisotopic (exact) mass is 254 g/mol. The van der Waals surface area contributed by atoms with Gasteiger partial charge in [-0.1, -0.05) is 0 Å². The van der Waals surface area contributed by atoms with E-state index in [0.717, 1.165) is 31.8 Å². The first-order valence-corrected chi connectivity index (χ1v) is 7.01. The second-order valence-corrected chi connectivity index (χ2v) is 6.22. The molecule has 0 unspecified atom stereocenters. The molecule has 4 nitrogen and oxygen atoms in total. The Morgan fingerprint density at radius 3 is 2.50 bits per heavy atom. The molecule has 1 saturated heterocycles. The highest BCUT2D eigenvalue weighted by Crippen LogP contribution is 2.47. The molecule has 1 aliphatic carbocycles. The van der Waals surface area contributed by atoms with E-state index in [0.29, 0.717) is 0 Å². The number of nitrogens with zero attached hydrogens (tertiary/aromatic N) is 2. The molecule has 104 valence electrons. The van der Waals surface area contributed by atoms with Crippen LogP contribution in [0.5, 0.6) is 0 Å². The van der Waals surface area contributed by atoms with Crippen LogP contribution >= 0.6 is 0 Å². The van der Waals surface area contributed by atoms with Crippen LogP contribution in [0.25, 0.3) is 0 Å². The normalized spacial score (nSPS) is 24.2. The largest absolute Gasteiger partial charge is 0.469 e. The van der Waals surface area contributed by atoms with Crippen molar-refractivity contribution in [3.05, 3.63) is 0 Å². The molecule has 0 aromatic rings. The first kappa shape index (κ1) is 13.8. The van der Waals surface area contributed by atoms with Crippen molar-refractivity contribution in [2.45, 2.75) is 25.7 Å². The topological polar surface area (TPSA) is 32.8 Å². The number of likely N-dealkylation sites (tertiary alicyclic amines) is 1. The number of hydrogen-bond acceptors (Lipinski definition) is 4. The Kier molecular flexibility index (Phi) is 4.28. The van der Waals surface area contributed by atoms with Crippen molar-refractivity contribution in [2.75, 3.05) is 47.4 Å². The number of esters is 1. The van der Waals surface area contributed by atoms with Gasteiger partial charge in [-0.25, -0.2) is 0 Å². The fraction of sp³-hybridized carbons (Fsp3) is 0.929. The lowest BCUT2D eigenvalue weighted by Crippen LogP contribution is -2.39. The van der Waals surface area contributed by atoms with Gasteiger partial charge in [-0.2, -0.15) is 0 Å². The lowest BCUT2D eigenvalue weighted by atomic mass is 9.96. The maximum Gasteiger partial charge on any atom is 0.313 e. The van der Waals surface area contributed by atoms with Gasteiger partial charge in [0, 0.05) is 13.1 Å². The van der Waals surface area contributed by atoms with Crippen LogP contribution < -0.4 is 0 Å². The Hall–Kier alpha value is -0.610. The van der Waals surface area contributed by atoms with Gasteiger partial charge >= 0.3 is 5.97 Å². The second-order valence-electron chi connectivity index (χ2n) is 6.22. The quantitative estimate of drug-likeness (QED) is 0.691. The third-order valence-corrected chi connectivity index (χ3v) is 4.45. The molecule has 18 heavy (non-hydrogen) atoms. The standard InChI is InChI=1S/C14H26N2O2/c1-15-8-4-12(5-9-15)10-16(2)11-14(6-7-14)13(17)18-3/h12H,4-11H2,1-3H3. The average Bonchev–Trinajstić information content (AvgIpc) is 3.12. The molecule has 0 atom stereocenters. The minimum absolute atomic E-state index is 0.0160. The lowest BCUT2D eigenvalue weighted by Gasteiger charge is -2.32. The van der Waals surface area contributed by atoms with Gasteiger partial charge in [0.25, 0.3) is 0 Å². The molecule has 0 N–H and O–H groups in total. The summed E-state index contributed by atoms with van der Waals surface area (Å²) in [7, 11) is 5.83. The Labute approximate surface area is 110 Å². The molecule has 0 radical (unpaired) electrons. The smallest absolute Gasteiger partial charge is 0.313 e. The molecular weight excluding hydrogens is 228 g/mol. The van der Waals surface area contributed by atoms with Crippen LogP contribution in [0.2, 0.25) is 0 Å². The zero-order chi connectivity index (χ0) is 13.2. The van der Waals surface area contributed by atoms with E-state index >= 15 is 0 Å². The van der Waals surface area contributed by atoms with Gasteiger partial charge in [-0.15, -0.1) is 0 Å². The maximum absolute atomic E-state index is 11.7. The SMILES string of the molecule is COC(=O)C1(CN(C)CC2CCN(C)CC2)CC1. The zero-order valence-electron chi connectivity index (χ0n) is 11.9. The summed E-state index contributed by atoms with van der Waals surface area (Å²) in [4.78, 5) is 16.4. The molecule has 0 aromatic heterocycles. The predicted molar refractivity (Wildman–Crippen MR) is 71.4 cm³/mol. The molecule has 1 heterocycles. The highest BCUT2D eigenvalue weighted by molar-refractivity contribution is 5.80. The van der Waals surface area contributed by atoms with Gasteiger partial charge in [0.2, 0.25) is 0 Å². The number of hydrogen-bond donors (Lipinski definition) is 0. The molecule has 0 amide bonds. The maximum atomic E-state index is 11.7. The summed E-state index contributed by atoms with van der Waals surface area (Å²) in [6.07, 6.45) is 4.56. The van der Waals surface area contributed by atoms with E-state index in [4.69, 9.17) is 4.74 Å². The van der Waals surface area contributed by atoms with Crippen molar-refractivity contribution >= 4 is 5.97 Å². The van der Waals surface area contributed by atoms with Gasteiger partial charge in [0.1, 0.15) is 0 Å². The molecule has 4 heteroatoms. The first-order valence-electron chi connectivity index (χ1n) is 7.01. The van der Waals surface area contributed by atoms with Crippen molar-refractivity contribution in [2.24, 2.45) is 11.3 Å². The molecule has 0 aromatic carbocycles. The summed E-state index contributed by atoms with van der Waals surface area (Å²) in [5, 5.41) is 0. The van der Waals surface area contributed by atoms with Crippen LogP contribution in [0.1, 0.15) is 25.7 Å². The first-order chi connectivity index (χ1) is 8.55. The molecule has 0 spiro atoms. The lowest BCUT2D eigenvalue weighted by molar-refractivity contribution is -0.147. The van der Waals surface area contributed by atoms with Crippen LogP contribution in [-0.2, 0) is 9.53 Å². The third-order valence-electron chi connectivity index (χ3n) is 4.45. The Morgan fingerprint density at radius 1 is 1.39 bits per heavy atom. The van der Waals surface area contributed by atoms with Crippen molar-refractivity contribution in [3.63, 3.8) is 0 Å². The van der Waals surface area contributed by atoms with Crippen LogP contribution in [-0.4, -0.2) is 63.2 Å². The summed E-state index contributed by atoms with van der Waals surface area (Å²) in [6, 6.07) is 0.